The van der Waals surface area contributed by atoms with Crippen molar-refractivity contribution in [3.8, 4) is 11.5 Å². The summed E-state index contributed by atoms with van der Waals surface area (Å²) in [5.41, 5.74) is 3.72. The Kier molecular flexibility index (Phi) is 7.65. The molecule has 6 nitrogen and oxygen atoms in total. The summed E-state index contributed by atoms with van der Waals surface area (Å²) in [6.07, 6.45) is 1.44. The van der Waals surface area contributed by atoms with E-state index >= 15 is 0 Å². The minimum Gasteiger partial charge on any atom is -0.490 e. The van der Waals surface area contributed by atoms with Gasteiger partial charge in [-0.3, -0.25) is 4.79 Å². The average molecular weight is 457 g/mol. The van der Waals surface area contributed by atoms with Gasteiger partial charge in [0.2, 0.25) is 0 Å². The Labute approximate surface area is 189 Å². The van der Waals surface area contributed by atoms with Crippen LogP contribution in [0.4, 0.5) is 0 Å². The zero-order valence-electron chi connectivity index (χ0n) is 16.5. The largest absolute Gasteiger partial charge is 0.490 e. The maximum absolute atomic E-state index is 12.3. The van der Waals surface area contributed by atoms with E-state index in [0.29, 0.717) is 28.5 Å². The van der Waals surface area contributed by atoms with E-state index in [1.54, 1.807) is 48.5 Å². The zero-order chi connectivity index (χ0) is 22.2. The number of carbonyl (C=O) groups is 2. The average Bonchev–Trinajstić information content (AvgIpc) is 2.76. The van der Waals surface area contributed by atoms with Gasteiger partial charge in [0.1, 0.15) is 0 Å². The molecule has 0 atom stereocenters. The molecule has 0 aliphatic carbocycles. The van der Waals surface area contributed by atoms with Gasteiger partial charge in [-0.15, -0.1) is 0 Å². The molecule has 0 heterocycles. The van der Waals surface area contributed by atoms with Crippen molar-refractivity contribution in [1.82, 2.24) is 5.43 Å². The van der Waals surface area contributed by atoms with Gasteiger partial charge in [-0.25, -0.2) is 10.2 Å². The first-order valence-corrected chi connectivity index (χ1v) is 10.1. The first-order valence-electron chi connectivity index (χ1n) is 9.30. The van der Waals surface area contributed by atoms with Crippen molar-refractivity contribution in [2.45, 2.75) is 6.92 Å². The highest BCUT2D eigenvalue weighted by molar-refractivity contribution is 6.36. The highest BCUT2D eigenvalue weighted by Gasteiger charge is 2.13. The van der Waals surface area contributed by atoms with Crippen molar-refractivity contribution in [2.75, 3.05) is 6.61 Å². The van der Waals surface area contributed by atoms with Crippen molar-refractivity contribution in [3.63, 3.8) is 0 Å². The Morgan fingerprint density at radius 2 is 1.77 bits per heavy atom. The molecule has 3 aromatic carbocycles. The van der Waals surface area contributed by atoms with Crippen LogP contribution in [0, 0.1) is 0 Å². The SMILES string of the molecule is CCOc1cc(C=NNC(=O)c2ccc(Cl)cc2Cl)ccc1OC(=O)c1ccccc1. The maximum atomic E-state index is 12.3. The lowest BCUT2D eigenvalue weighted by atomic mass is 10.2. The van der Waals surface area contributed by atoms with Gasteiger partial charge in [-0.2, -0.15) is 5.10 Å². The Morgan fingerprint density at radius 3 is 2.48 bits per heavy atom. The van der Waals surface area contributed by atoms with Gasteiger partial charge in [0, 0.05) is 5.02 Å². The number of hydrazone groups is 1. The Bertz CT molecular complexity index is 1120. The highest BCUT2D eigenvalue weighted by atomic mass is 35.5. The molecule has 8 heteroatoms. The Balaban J connectivity index is 1.71. The van der Waals surface area contributed by atoms with E-state index in [-0.39, 0.29) is 16.3 Å². The number of carbonyl (C=O) groups excluding carboxylic acids is 2. The number of nitrogens with one attached hydrogen (secondary N) is 1. The molecule has 0 radical (unpaired) electrons. The lowest BCUT2D eigenvalue weighted by Crippen LogP contribution is -2.18. The molecule has 0 unspecified atom stereocenters. The molecule has 1 N–H and O–H groups in total. The van der Waals surface area contributed by atoms with Gasteiger partial charge in [-0.1, -0.05) is 41.4 Å². The van der Waals surface area contributed by atoms with Crippen LogP contribution in [0.15, 0.2) is 71.8 Å². The molecular weight excluding hydrogens is 439 g/mol. The van der Waals surface area contributed by atoms with Crippen molar-refractivity contribution >= 4 is 41.3 Å². The summed E-state index contributed by atoms with van der Waals surface area (Å²) < 4.78 is 11.0. The first-order chi connectivity index (χ1) is 15.0. The highest BCUT2D eigenvalue weighted by Crippen LogP contribution is 2.29. The van der Waals surface area contributed by atoms with Gasteiger partial charge in [0.25, 0.3) is 5.91 Å². The van der Waals surface area contributed by atoms with Crippen molar-refractivity contribution in [3.05, 3.63) is 93.5 Å². The summed E-state index contributed by atoms with van der Waals surface area (Å²) in [5.74, 6) is -0.306. The number of nitrogens with zero attached hydrogens (tertiary/aromatic N) is 1. The molecule has 0 aliphatic heterocycles. The molecule has 3 aromatic rings. The fraction of sp³-hybridized carbons (Fsp3) is 0.0870. The minimum absolute atomic E-state index is 0.225. The third-order valence-corrected chi connectivity index (χ3v) is 4.58. The van der Waals surface area contributed by atoms with Crippen molar-refractivity contribution < 1.29 is 19.1 Å². The van der Waals surface area contributed by atoms with Gasteiger partial charge in [0.05, 0.1) is 29.0 Å². The number of benzene rings is 3. The quantitative estimate of drug-likeness (QED) is 0.224. The van der Waals surface area contributed by atoms with E-state index in [2.05, 4.69) is 10.5 Å². The van der Waals surface area contributed by atoms with Crippen LogP contribution in [0.25, 0.3) is 0 Å². The Hall–Kier alpha value is -3.35. The van der Waals surface area contributed by atoms with Gasteiger partial charge in [-0.05, 0) is 61.0 Å². The molecule has 0 saturated carbocycles. The molecule has 158 valence electrons. The number of esters is 1. The van der Waals surface area contributed by atoms with E-state index in [1.807, 2.05) is 13.0 Å². The molecule has 0 spiro atoms. The van der Waals surface area contributed by atoms with Crippen LogP contribution >= 0.6 is 23.2 Å². The standard InChI is InChI=1S/C23H18Cl2N2O4/c1-2-30-21-12-15(8-11-20(21)31-23(29)16-6-4-3-5-7-16)14-26-27-22(28)18-10-9-17(24)13-19(18)25/h3-14H,2H2,1H3,(H,27,28). The second kappa shape index (κ2) is 10.6. The first kappa shape index (κ1) is 22.3. The summed E-state index contributed by atoms with van der Waals surface area (Å²) in [6.45, 7) is 2.20. The van der Waals surface area contributed by atoms with E-state index in [0.717, 1.165) is 0 Å². The molecule has 1 amide bonds. The van der Waals surface area contributed by atoms with E-state index in [9.17, 15) is 9.59 Å². The monoisotopic (exact) mass is 456 g/mol. The van der Waals surface area contributed by atoms with Gasteiger partial charge >= 0.3 is 5.97 Å². The van der Waals surface area contributed by atoms with Crippen LogP contribution in [-0.4, -0.2) is 24.7 Å². The maximum Gasteiger partial charge on any atom is 0.343 e. The number of hydrogen-bond acceptors (Lipinski definition) is 5. The van der Waals surface area contributed by atoms with Gasteiger partial charge < -0.3 is 9.47 Å². The lowest BCUT2D eigenvalue weighted by molar-refractivity contribution is 0.0728. The van der Waals surface area contributed by atoms with E-state index in [1.165, 1.54) is 18.3 Å². The Morgan fingerprint density at radius 1 is 1.00 bits per heavy atom. The summed E-state index contributed by atoms with van der Waals surface area (Å²) in [7, 11) is 0. The van der Waals surface area contributed by atoms with Crippen LogP contribution in [-0.2, 0) is 0 Å². The summed E-state index contributed by atoms with van der Waals surface area (Å²) in [6, 6.07) is 18.2. The third-order valence-electron chi connectivity index (χ3n) is 4.04. The summed E-state index contributed by atoms with van der Waals surface area (Å²) >= 11 is 11.9. The van der Waals surface area contributed by atoms with Crippen molar-refractivity contribution in [1.29, 1.82) is 0 Å². The van der Waals surface area contributed by atoms with Crippen LogP contribution in [0.3, 0.4) is 0 Å². The number of hydrogen-bond donors (Lipinski definition) is 1. The van der Waals surface area contributed by atoms with Crippen LogP contribution in [0.1, 0.15) is 33.2 Å². The smallest absolute Gasteiger partial charge is 0.343 e. The number of ether oxygens (including phenoxy) is 2. The van der Waals surface area contributed by atoms with Gasteiger partial charge in [0.15, 0.2) is 11.5 Å². The fourth-order valence-electron chi connectivity index (χ4n) is 2.59. The number of rotatable bonds is 7. The van der Waals surface area contributed by atoms with E-state index in [4.69, 9.17) is 32.7 Å². The second-order valence-electron chi connectivity index (χ2n) is 6.22. The lowest BCUT2D eigenvalue weighted by Gasteiger charge is -2.11. The molecule has 0 aliphatic rings. The molecule has 0 bridgehead atoms. The number of halogens is 2. The minimum atomic E-state index is -0.491. The molecule has 0 saturated heterocycles. The molecule has 31 heavy (non-hydrogen) atoms. The van der Waals surface area contributed by atoms with Crippen molar-refractivity contribution in [2.24, 2.45) is 5.10 Å². The topological polar surface area (TPSA) is 77.0 Å². The predicted molar refractivity (Wildman–Crippen MR) is 121 cm³/mol. The normalized spacial score (nSPS) is 10.7. The molecular formula is C23H18Cl2N2O4. The molecule has 0 aromatic heterocycles. The number of amides is 1. The summed E-state index contributed by atoms with van der Waals surface area (Å²) in [4.78, 5) is 24.5. The summed E-state index contributed by atoms with van der Waals surface area (Å²) in [5, 5.41) is 4.60. The van der Waals surface area contributed by atoms with Crippen LogP contribution < -0.4 is 14.9 Å². The predicted octanol–water partition coefficient (Wildman–Crippen LogP) is 5.38. The van der Waals surface area contributed by atoms with Crippen LogP contribution in [0.5, 0.6) is 11.5 Å². The second-order valence-corrected chi connectivity index (χ2v) is 7.06. The van der Waals surface area contributed by atoms with Crippen LogP contribution in [0.2, 0.25) is 10.0 Å². The fourth-order valence-corrected chi connectivity index (χ4v) is 3.08. The zero-order valence-corrected chi connectivity index (χ0v) is 18.0. The van der Waals surface area contributed by atoms with E-state index < -0.39 is 11.9 Å². The third kappa shape index (κ3) is 6.07. The molecule has 0 fully saturated rings. The molecule has 3 rings (SSSR count).